The molecule has 0 aliphatic carbocycles. The van der Waals surface area contributed by atoms with Crippen molar-refractivity contribution in [2.75, 3.05) is 0 Å². The standard InChI is InChI=1S/C12H16BrF2N/c1-2-3-4-5-10(16)11-9(14)7-6-8(13)12(11)15/h6-7,10H,2-5,16H2,1H3/t10-/m0/s1. The molecular weight excluding hydrogens is 276 g/mol. The van der Waals surface area contributed by atoms with Crippen molar-refractivity contribution in [2.24, 2.45) is 5.73 Å². The molecule has 2 N–H and O–H groups in total. The van der Waals surface area contributed by atoms with Crippen LogP contribution in [0.1, 0.15) is 44.2 Å². The first-order chi connectivity index (χ1) is 7.57. The van der Waals surface area contributed by atoms with Crippen molar-refractivity contribution in [2.45, 2.75) is 38.6 Å². The van der Waals surface area contributed by atoms with E-state index in [-0.39, 0.29) is 10.0 Å². The summed E-state index contributed by atoms with van der Waals surface area (Å²) in [7, 11) is 0. The van der Waals surface area contributed by atoms with Crippen molar-refractivity contribution in [1.29, 1.82) is 0 Å². The summed E-state index contributed by atoms with van der Waals surface area (Å²) < 4.78 is 27.4. The van der Waals surface area contributed by atoms with E-state index >= 15 is 0 Å². The van der Waals surface area contributed by atoms with Gasteiger partial charge in [0, 0.05) is 11.6 Å². The van der Waals surface area contributed by atoms with Gasteiger partial charge in [0.1, 0.15) is 11.6 Å². The molecule has 0 saturated heterocycles. The Bertz CT molecular complexity index is 355. The van der Waals surface area contributed by atoms with Crippen LogP contribution >= 0.6 is 15.9 Å². The van der Waals surface area contributed by atoms with E-state index in [0.717, 1.165) is 19.3 Å². The Kier molecular flexibility index (Phi) is 5.35. The van der Waals surface area contributed by atoms with Gasteiger partial charge in [-0.2, -0.15) is 0 Å². The number of hydrogen-bond donors (Lipinski definition) is 1. The molecule has 0 aromatic heterocycles. The lowest BCUT2D eigenvalue weighted by Crippen LogP contribution is -2.14. The van der Waals surface area contributed by atoms with Gasteiger partial charge in [-0.3, -0.25) is 0 Å². The van der Waals surface area contributed by atoms with E-state index in [1.54, 1.807) is 0 Å². The van der Waals surface area contributed by atoms with E-state index in [0.29, 0.717) is 6.42 Å². The molecular formula is C12H16BrF2N. The first-order valence-corrected chi connectivity index (χ1v) is 6.26. The molecule has 16 heavy (non-hydrogen) atoms. The van der Waals surface area contributed by atoms with Crippen LogP contribution in [0.2, 0.25) is 0 Å². The summed E-state index contributed by atoms with van der Waals surface area (Å²) in [6.45, 7) is 2.08. The number of rotatable bonds is 5. The van der Waals surface area contributed by atoms with Crippen molar-refractivity contribution in [1.82, 2.24) is 0 Å². The van der Waals surface area contributed by atoms with E-state index in [2.05, 4.69) is 22.9 Å². The topological polar surface area (TPSA) is 26.0 Å². The van der Waals surface area contributed by atoms with Crippen LogP contribution in [0, 0.1) is 11.6 Å². The Morgan fingerprint density at radius 2 is 2.00 bits per heavy atom. The highest BCUT2D eigenvalue weighted by atomic mass is 79.9. The molecule has 0 aliphatic rings. The summed E-state index contributed by atoms with van der Waals surface area (Å²) in [6.07, 6.45) is 3.60. The van der Waals surface area contributed by atoms with Crippen molar-refractivity contribution in [3.63, 3.8) is 0 Å². The van der Waals surface area contributed by atoms with Crippen molar-refractivity contribution >= 4 is 15.9 Å². The molecule has 1 nitrogen and oxygen atoms in total. The summed E-state index contributed by atoms with van der Waals surface area (Å²) in [5.41, 5.74) is 5.80. The van der Waals surface area contributed by atoms with Gasteiger partial charge in [0.25, 0.3) is 0 Å². The van der Waals surface area contributed by atoms with Gasteiger partial charge in [-0.15, -0.1) is 0 Å². The van der Waals surface area contributed by atoms with E-state index in [1.807, 2.05) is 0 Å². The molecule has 0 spiro atoms. The van der Waals surface area contributed by atoms with E-state index in [1.165, 1.54) is 12.1 Å². The van der Waals surface area contributed by atoms with Crippen LogP contribution < -0.4 is 5.73 Å². The molecule has 4 heteroatoms. The Labute approximate surface area is 103 Å². The maximum atomic E-state index is 13.7. The number of halogens is 3. The van der Waals surface area contributed by atoms with Gasteiger partial charge in [-0.05, 0) is 34.5 Å². The number of benzene rings is 1. The monoisotopic (exact) mass is 291 g/mol. The summed E-state index contributed by atoms with van der Waals surface area (Å²) in [5.74, 6) is -1.14. The third kappa shape index (κ3) is 3.25. The molecule has 0 amide bonds. The molecule has 90 valence electrons. The van der Waals surface area contributed by atoms with E-state index < -0.39 is 17.7 Å². The molecule has 0 bridgehead atoms. The third-order valence-electron chi connectivity index (χ3n) is 2.57. The first-order valence-electron chi connectivity index (χ1n) is 5.46. The quantitative estimate of drug-likeness (QED) is 0.635. The number of nitrogens with two attached hydrogens (primary N) is 1. The average Bonchev–Trinajstić information content (AvgIpc) is 2.24. The maximum Gasteiger partial charge on any atom is 0.145 e. The van der Waals surface area contributed by atoms with Crippen LogP contribution in [0.3, 0.4) is 0 Å². The second kappa shape index (κ2) is 6.30. The maximum absolute atomic E-state index is 13.7. The van der Waals surface area contributed by atoms with Crippen molar-refractivity contribution < 1.29 is 8.78 Å². The smallest absolute Gasteiger partial charge is 0.145 e. The molecule has 0 heterocycles. The molecule has 1 rings (SSSR count). The molecule has 0 aliphatic heterocycles. The van der Waals surface area contributed by atoms with Gasteiger partial charge in [0.2, 0.25) is 0 Å². The summed E-state index contributed by atoms with van der Waals surface area (Å²) in [4.78, 5) is 0. The largest absolute Gasteiger partial charge is 0.324 e. The lowest BCUT2D eigenvalue weighted by molar-refractivity contribution is 0.495. The van der Waals surface area contributed by atoms with E-state index in [4.69, 9.17) is 5.73 Å². The fourth-order valence-corrected chi connectivity index (χ4v) is 1.99. The molecule has 0 unspecified atom stereocenters. The van der Waals surface area contributed by atoms with Crippen LogP contribution in [0.5, 0.6) is 0 Å². The van der Waals surface area contributed by atoms with Gasteiger partial charge < -0.3 is 5.73 Å². The predicted octanol–water partition coefficient (Wildman–Crippen LogP) is 4.31. The lowest BCUT2D eigenvalue weighted by Gasteiger charge is -2.14. The van der Waals surface area contributed by atoms with Gasteiger partial charge in [0.15, 0.2) is 0 Å². The van der Waals surface area contributed by atoms with E-state index in [9.17, 15) is 8.78 Å². The Balaban J connectivity index is 2.81. The molecule has 1 aromatic rings. The third-order valence-corrected chi connectivity index (χ3v) is 3.18. The highest BCUT2D eigenvalue weighted by molar-refractivity contribution is 9.10. The highest BCUT2D eigenvalue weighted by Gasteiger charge is 2.18. The fraction of sp³-hybridized carbons (Fsp3) is 0.500. The SMILES string of the molecule is CCCCC[C@H](N)c1c(F)ccc(Br)c1F. The fourth-order valence-electron chi connectivity index (χ4n) is 1.64. The summed E-state index contributed by atoms with van der Waals surface area (Å²) in [6, 6.07) is 2.03. The average molecular weight is 292 g/mol. The minimum atomic E-state index is -0.580. The Morgan fingerprint density at radius 1 is 1.31 bits per heavy atom. The van der Waals surface area contributed by atoms with Crippen molar-refractivity contribution in [3.05, 3.63) is 33.8 Å². The molecule has 0 radical (unpaired) electrons. The highest BCUT2D eigenvalue weighted by Crippen LogP contribution is 2.28. The van der Waals surface area contributed by atoms with Crippen LogP contribution in [0.15, 0.2) is 16.6 Å². The van der Waals surface area contributed by atoms with Crippen LogP contribution in [-0.4, -0.2) is 0 Å². The summed E-state index contributed by atoms with van der Waals surface area (Å²) in [5, 5.41) is 0. The zero-order chi connectivity index (χ0) is 12.1. The number of hydrogen-bond acceptors (Lipinski definition) is 1. The van der Waals surface area contributed by atoms with Crippen LogP contribution in [0.25, 0.3) is 0 Å². The van der Waals surface area contributed by atoms with Crippen LogP contribution in [0.4, 0.5) is 8.78 Å². The van der Waals surface area contributed by atoms with Crippen LogP contribution in [-0.2, 0) is 0 Å². The molecule has 1 atom stereocenters. The van der Waals surface area contributed by atoms with Crippen molar-refractivity contribution in [3.8, 4) is 0 Å². The Morgan fingerprint density at radius 3 is 2.62 bits per heavy atom. The second-order valence-corrected chi connectivity index (χ2v) is 4.71. The minimum Gasteiger partial charge on any atom is -0.324 e. The van der Waals surface area contributed by atoms with Gasteiger partial charge in [-0.25, -0.2) is 8.78 Å². The zero-order valence-electron chi connectivity index (χ0n) is 9.27. The first kappa shape index (κ1) is 13.6. The molecule has 1 aromatic carbocycles. The zero-order valence-corrected chi connectivity index (χ0v) is 10.9. The second-order valence-electron chi connectivity index (χ2n) is 3.86. The normalized spacial score (nSPS) is 12.8. The summed E-state index contributed by atoms with van der Waals surface area (Å²) >= 11 is 3.03. The van der Waals surface area contributed by atoms with Gasteiger partial charge >= 0.3 is 0 Å². The Hall–Kier alpha value is -0.480. The lowest BCUT2D eigenvalue weighted by atomic mass is 10.0. The predicted molar refractivity (Wildman–Crippen MR) is 65.1 cm³/mol. The molecule has 0 fully saturated rings. The van der Waals surface area contributed by atoms with Gasteiger partial charge in [-0.1, -0.05) is 26.2 Å². The minimum absolute atomic E-state index is 0.00882. The van der Waals surface area contributed by atoms with Gasteiger partial charge in [0.05, 0.1) is 4.47 Å². The molecule has 0 saturated carbocycles. The number of unbranched alkanes of at least 4 members (excludes halogenated alkanes) is 2.